The van der Waals surface area contributed by atoms with E-state index in [1.807, 2.05) is 27.7 Å². The SMILES string of the molecule is CCN(CCCN(CC)CC(=O)NC(C)C)CC(=O)NC(C)C. The van der Waals surface area contributed by atoms with Crippen LogP contribution in [0.15, 0.2) is 0 Å². The van der Waals surface area contributed by atoms with Gasteiger partial charge >= 0.3 is 0 Å². The van der Waals surface area contributed by atoms with Crippen LogP contribution in [0.3, 0.4) is 0 Å². The van der Waals surface area contributed by atoms with Crippen molar-refractivity contribution in [3.63, 3.8) is 0 Å². The normalized spacial score (nSPS) is 11.6. The number of amides is 2. The minimum atomic E-state index is 0.0745. The van der Waals surface area contributed by atoms with E-state index in [0.717, 1.165) is 32.6 Å². The molecule has 0 aliphatic carbocycles. The van der Waals surface area contributed by atoms with Crippen LogP contribution in [0.25, 0.3) is 0 Å². The quantitative estimate of drug-likeness (QED) is 0.562. The van der Waals surface area contributed by atoms with Gasteiger partial charge in [-0.1, -0.05) is 13.8 Å². The van der Waals surface area contributed by atoms with Crippen molar-refractivity contribution in [2.45, 2.75) is 60.0 Å². The van der Waals surface area contributed by atoms with E-state index in [9.17, 15) is 9.59 Å². The largest absolute Gasteiger partial charge is 0.353 e. The molecule has 0 saturated heterocycles. The van der Waals surface area contributed by atoms with Crippen LogP contribution in [0.1, 0.15) is 48.0 Å². The number of hydrogen-bond donors (Lipinski definition) is 2. The smallest absolute Gasteiger partial charge is 0.234 e. The Morgan fingerprint density at radius 2 is 1.13 bits per heavy atom. The average Bonchev–Trinajstić information content (AvgIpc) is 2.43. The predicted molar refractivity (Wildman–Crippen MR) is 95.4 cm³/mol. The molecule has 0 radical (unpaired) electrons. The van der Waals surface area contributed by atoms with E-state index in [1.54, 1.807) is 0 Å². The van der Waals surface area contributed by atoms with Gasteiger partial charge in [-0.05, 0) is 60.3 Å². The second-order valence-corrected chi connectivity index (χ2v) is 6.54. The van der Waals surface area contributed by atoms with Gasteiger partial charge in [0.2, 0.25) is 11.8 Å². The lowest BCUT2D eigenvalue weighted by molar-refractivity contribution is -0.123. The first kappa shape index (κ1) is 21.9. The number of nitrogens with zero attached hydrogens (tertiary/aromatic N) is 2. The van der Waals surface area contributed by atoms with Crippen molar-refractivity contribution in [1.29, 1.82) is 0 Å². The van der Waals surface area contributed by atoms with Gasteiger partial charge in [-0.2, -0.15) is 0 Å². The van der Waals surface area contributed by atoms with Crippen LogP contribution in [-0.2, 0) is 9.59 Å². The highest BCUT2D eigenvalue weighted by Gasteiger charge is 2.12. The monoisotopic (exact) mass is 328 g/mol. The minimum Gasteiger partial charge on any atom is -0.353 e. The number of carbonyl (C=O) groups is 2. The highest BCUT2D eigenvalue weighted by atomic mass is 16.2. The van der Waals surface area contributed by atoms with Gasteiger partial charge in [0.1, 0.15) is 0 Å². The fourth-order valence-electron chi connectivity index (χ4n) is 2.36. The molecule has 23 heavy (non-hydrogen) atoms. The van der Waals surface area contributed by atoms with E-state index in [0.29, 0.717) is 13.1 Å². The maximum atomic E-state index is 11.8. The van der Waals surface area contributed by atoms with Gasteiger partial charge in [0.15, 0.2) is 0 Å². The first-order valence-electron chi connectivity index (χ1n) is 8.81. The molecule has 0 saturated carbocycles. The molecule has 0 spiro atoms. The molecule has 2 N–H and O–H groups in total. The van der Waals surface area contributed by atoms with Crippen LogP contribution in [-0.4, -0.2) is 73.0 Å². The molecule has 2 amide bonds. The molecule has 0 aromatic rings. The second-order valence-electron chi connectivity index (χ2n) is 6.54. The van der Waals surface area contributed by atoms with Gasteiger partial charge in [-0.25, -0.2) is 0 Å². The summed E-state index contributed by atoms with van der Waals surface area (Å²) < 4.78 is 0. The van der Waals surface area contributed by atoms with Crippen LogP contribution in [0, 0.1) is 0 Å². The van der Waals surface area contributed by atoms with E-state index in [1.165, 1.54) is 0 Å². The summed E-state index contributed by atoms with van der Waals surface area (Å²) in [5, 5.41) is 5.84. The summed E-state index contributed by atoms with van der Waals surface area (Å²) >= 11 is 0. The summed E-state index contributed by atoms with van der Waals surface area (Å²) in [7, 11) is 0. The van der Waals surface area contributed by atoms with Crippen LogP contribution >= 0.6 is 0 Å². The highest BCUT2D eigenvalue weighted by Crippen LogP contribution is 1.97. The average molecular weight is 329 g/mol. The van der Waals surface area contributed by atoms with E-state index in [4.69, 9.17) is 0 Å². The van der Waals surface area contributed by atoms with Gasteiger partial charge in [0.05, 0.1) is 13.1 Å². The Balaban J connectivity index is 4.11. The molecule has 0 unspecified atom stereocenters. The van der Waals surface area contributed by atoms with Crippen molar-refractivity contribution in [1.82, 2.24) is 20.4 Å². The summed E-state index contributed by atoms with van der Waals surface area (Å²) in [6.45, 7) is 16.3. The fraction of sp³-hybridized carbons (Fsp3) is 0.882. The third kappa shape index (κ3) is 12.0. The number of hydrogen-bond acceptors (Lipinski definition) is 4. The predicted octanol–water partition coefficient (Wildman–Crippen LogP) is 1.07. The van der Waals surface area contributed by atoms with Gasteiger partial charge in [0.25, 0.3) is 0 Å². The lowest BCUT2D eigenvalue weighted by Gasteiger charge is -2.24. The molecule has 0 fully saturated rings. The van der Waals surface area contributed by atoms with Crippen molar-refractivity contribution >= 4 is 11.8 Å². The summed E-state index contributed by atoms with van der Waals surface area (Å²) in [5.74, 6) is 0.149. The lowest BCUT2D eigenvalue weighted by atomic mass is 10.3. The Hall–Kier alpha value is -1.14. The third-order valence-electron chi connectivity index (χ3n) is 3.48. The molecule has 0 aliphatic heterocycles. The topological polar surface area (TPSA) is 64.7 Å². The number of nitrogens with one attached hydrogen (secondary N) is 2. The van der Waals surface area contributed by atoms with Crippen LogP contribution in [0.2, 0.25) is 0 Å². The van der Waals surface area contributed by atoms with Crippen LogP contribution < -0.4 is 10.6 Å². The molecule has 136 valence electrons. The van der Waals surface area contributed by atoms with Crippen molar-refractivity contribution in [3.05, 3.63) is 0 Å². The van der Waals surface area contributed by atoms with Crippen molar-refractivity contribution in [2.75, 3.05) is 39.3 Å². The van der Waals surface area contributed by atoms with E-state index in [2.05, 4.69) is 34.3 Å². The molecule has 0 atom stereocenters. The van der Waals surface area contributed by atoms with Crippen molar-refractivity contribution in [3.8, 4) is 0 Å². The fourth-order valence-corrected chi connectivity index (χ4v) is 2.36. The number of rotatable bonds is 12. The lowest BCUT2D eigenvalue weighted by Crippen LogP contribution is -2.42. The third-order valence-corrected chi connectivity index (χ3v) is 3.48. The first-order valence-corrected chi connectivity index (χ1v) is 8.81. The van der Waals surface area contributed by atoms with Crippen LogP contribution in [0.5, 0.6) is 0 Å². The summed E-state index contributed by atoms with van der Waals surface area (Å²) in [6.07, 6.45) is 0.950. The van der Waals surface area contributed by atoms with E-state index < -0.39 is 0 Å². The highest BCUT2D eigenvalue weighted by molar-refractivity contribution is 5.78. The molecular formula is C17H36N4O2. The van der Waals surface area contributed by atoms with Gasteiger partial charge < -0.3 is 10.6 Å². The summed E-state index contributed by atoms with van der Waals surface area (Å²) in [5.41, 5.74) is 0. The van der Waals surface area contributed by atoms with Crippen LogP contribution in [0.4, 0.5) is 0 Å². The maximum absolute atomic E-state index is 11.8. The molecule has 0 aliphatic rings. The van der Waals surface area contributed by atoms with E-state index in [-0.39, 0.29) is 23.9 Å². The Morgan fingerprint density at radius 3 is 1.39 bits per heavy atom. The molecule has 0 aromatic carbocycles. The van der Waals surface area contributed by atoms with E-state index >= 15 is 0 Å². The Labute approximate surface area is 142 Å². The zero-order valence-electron chi connectivity index (χ0n) is 15.8. The molecule has 0 heterocycles. The summed E-state index contributed by atoms with van der Waals surface area (Å²) in [4.78, 5) is 27.9. The zero-order chi connectivity index (χ0) is 17.8. The van der Waals surface area contributed by atoms with Crippen molar-refractivity contribution in [2.24, 2.45) is 0 Å². The van der Waals surface area contributed by atoms with Gasteiger partial charge in [-0.3, -0.25) is 19.4 Å². The maximum Gasteiger partial charge on any atom is 0.234 e. The molecule has 0 aromatic heterocycles. The second kappa shape index (κ2) is 12.3. The van der Waals surface area contributed by atoms with Gasteiger partial charge in [-0.15, -0.1) is 0 Å². The number of likely N-dealkylation sites (N-methyl/N-ethyl adjacent to an activating group) is 2. The first-order chi connectivity index (χ1) is 10.8. The van der Waals surface area contributed by atoms with Gasteiger partial charge in [0, 0.05) is 12.1 Å². The Morgan fingerprint density at radius 1 is 0.783 bits per heavy atom. The molecule has 6 heteroatoms. The number of carbonyl (C=O) groups excluding carboxylic acids is 2. The minimum absolute atomic E-state index is 0.0745. The molecule has 6 nitrogen and oxygen atoms in total. The molecular weight excluding hydrogens is 292 g/mol. The molecule has 0 rings (SSSR count). The standard InChI is InChI=1S/C17H36N4O2/c1-7-20(12-16(22)18-14(3)4)10-9-11-21(8-2)13-17(23)19-15(5)6/h14-15H,7-13H2,1-6H3,(H,18,22)(H,19,23). The zero-order valence-corrected chi connectivity index (χ0v) is 15.8. The molecule has 0 bridgehead atoms. The Kier molecular flexibility index (Phi) is 11.7. The van der Waals surface area contributed by atoms with Crippen molar-refractivity contribution < 1.29 is 9.59 Å². The summed E-state index contributed by atoms with van der Waals surface area (Å²) in [6, 6.07) is 0.354. The Bertz CT molecular complexity index is 313.